The van der Waals surface area contributed by atoms with Gasteiger partial charge < -0.3 is 20.3 Å². The van der Waals surface area contributed by atoms with E-state index < -0.39 is 0 Å². The number of nitrogen functional groups attached to an aromatic ring is 1. The molecule has 1 aliphatic rings. The number of halogens is 1. The fraction of sp³-hybridized carbons (Fsp3) is 0.182. The van der Waals surface area contributed by atoms with Gasteiger partial charge in [-0.05, 0) is 15.9 Å². The van der Waals surface area contributed by atoms with E-state index >= 15 is 0 Å². The number of aromatic nitrogens is 2. The van der Waals surface area contributed by atoms with Crippen molar-refractivity contribution in [3.05, 3.63) is 16.7 Å². The van der Waals surface area contributed by atoms with Crippen molar-refractivity contribution >= 4 is 21.7 Å². The molecule has 1 aromatic carbocycles. The fourth-order valence-electron chi connectivity index (χ4n) is 1.89. The van der Waals surface area contributed by atoms with E-state index in [2.05, 4.69) is 21.0 Å². The summed E-state index contributed by atoms with van der Waals surface area (Å²) < 4.78 is 12.7. The summed E-state index contributed by atoms with van der Waals surface area (Å²) in [5.74, 6) is 1.55. The lowest BCUT2D eigenvalue weighted by molar-refractivity contribution is 0.174. The van der Waals surface area contributed by atoms with Gasteiger partial charge in [-0.15, -0.1) is 0 Å². The number of hydrogen-bond acceptors (Lipinski definition) is 5. The summed E-state index contributed by atoms with van der Waals surface area (Å²) in [5.41, 5.74) is 7.02. The molecule has 2 aromatic rings. The van der Waals surface area contributed by atoms with Crippen molar-refractivity contribution in [2.45, 2.75) is 0 Å². The summed E-state index contributed by atoms with van der Waals surface area (Å²) in [6.07, 6.45) is 1.58. The molecule has 0 saturated heterocycles. The second-order valence-corrected chi connectivity index (χ2v) is 4.74. The van der Waals surface area contributed by atoms with Gasteiger partial charge in [0.25, 0.3) is 0 Å². The fourth-order valence-corrected chi connectivity index (χ4v) is 2.30. The first-order valence-corrected chi connectivity index (χ1v) is 5.97. The van der Waals surface area contributed by atoms with E-state index in [9.17, 15) is 5.11 Å². The molecule has 3 rings (SSSR count). The van der Waals surface area contributed by atoms with Crippen molar-refractivity contribution in [1.82, 2.24) is 9.78 Å². The summed E-state index contributed by atoms with van der Waals surface area (Å²) in [6.45, 7) is 0.123. The van der Waals surface area contributed by atoms with Crippen molar-refractivity contribution in [2.75, 3.05) is 12.5 Å². The minimum Gasteiger partial charge on any atom is -0.506 e. The van der Waals surface area contributed by atoms with Crippen LogP contribution in [-0.4, -0.2) is 21.7 Å². The van der Waals surface area contributed by atoms with Crippen LogP contribution in [-0.2, 0) is 7.05 Å². The average Bonchev–Trinajstić information content (AvgIpc) is 2.91. The van der Waals surface area contributed by atoms with Gasteiger partial charge in [-0.25, -0.2) is 0 Å². The van der Waals surface area contributed by atoms with Crippen LogP contribution in [0.15, 0.2) is 16.7 Å². The van der Waals surface area contributed by atoms with Crippen molar-refractivity contribution in [3.63, 3.8) is 0 Å². The molecule has 2 heterocycles. The first-order chi connectivity index (χ1) is 8.59. The molecule has 6 nitrogen and oxygen atoms in total. The van der Waals surface area contributed by atoms with Crippen molar-refractivity contribution in [2.24, 2.45) is 7.05 Å². The summed E-state index contributed by atoms with van der Waals surface area (Å²) in [4.78, 5) is 0. The molecule has 0 atom stereocenters. The molecule has 0 radical (unpaired) electrons. The third-order valence-corrected chi connectivity index (χ3v) is 3.45. The Kier molecular flexibility index (Phi) is 2.37. The predicted molar refractivity (Wildman–Crippen MR) is 68.5 cm³/mol. The van der Waals surface area contributed by atoms with Gasteiger partial charge in [0, 0.05) is 13.1 Å². The van der Waals surface area contributed by atoms with Gasteiger partial charge in [-0.3, -0.25) is 4.68 Å². The summed E-state index contributed by atoms with van der Waals surface area (Å²) in [5, 5.41) is 14.2. The highest BCUT2D eigenvalue weighted by Crippen LogP contribution is 2.51. The molecule has 0 saturated carbocycles. The van der Waals surface area contributed by atoms with Crippen molar-refractivity contribution in [1.29, 1.82) is 0 Å². The molecule has 3 N–H and O–H groups in total. The largest absolute Gasteiger partial charge is 0.506 e. The first-order valence-electron chi connectivity index (χ1n) is 5.18. The van der Waals surface area contributed by atoms with Crippen LogP contribution in [0.25, 0.3) is 11.1 Å². The molecule has 0 bridgehead atoms. The molecule has 0 unspecified atom stereocenters. The number of fused-ring (bicyclic) bond motifs is 1. The Bertz CT molecular complexity index is 639. The van der Waals surface area contributed by atoms with Crippen LogP contribution >= 0.6 is 15.9 Å². The number of benzene rings is 1. The third-order valence-electron chi connectivity index (χ3n) is 2.84. The molecular formula is C11H10BrN3O3. The highest BCUT2D eigenvalue weighted by molar-refractivity contribution is 9.10. The Morgan fingerprint density at radius 2 is 2.28 bits per heavy atom. The normalized spacial score (nSPS) is 13.0. The summed E-state index contributed by atoms with van der Waals surface area (Å²) >= 11 is 3.27. The topological polar surface area (TPSA) is 82.5 Å². The Morgan fingerprint density at radius 3 is 2.94 bits per heavy atom. The average molecular weight is 312 g/mol. The monoisotopic (exact) mass is 311 g/mol. The van der Waals surface area contributed by atoms with E-state index in [0.29, 0.717) is 32.9 Å². The molecule has 94 valence electrons. The second kappa shape index (κ2) is 3.81. The minimum absolute atomic E-state index is 0.0546. The zero-order chi connectivity index (χ0) is 12.9. The number of aromatic hydroxyl groups is 1. The predicted octanol–water partition coefficient (Wildman–Crippen LogP) is 1.87. The van der Waals surface area contributed by atoms with E-state index in [1.54, 1.807) is 19.3 Å². The molecular weight excluding hydrogens is 302 g/mol. The van der Waals surface area contributed by atoms with E-state index in [1.807, 2.05) is 0 Å². The lowest BCUT2D eigenvalue weighted by atomic mass is 10.1. The molecule has 0 spiro atoms. The van der Waals surface area contributed by atoms with Crippen LogP contribution in [0.4, 0.5) is 5.82 Å². The minimum atomic E-state index is 0.0546. The maximum absolute atomic E-state index is 10.2. The Hall–Kier alpha value is -1.89. The standard InChI is InChI=1S/C11H10BrN3O3/c1-15-11(13)5(3-14-15)8-9(16)6(12)2-7-10(8)18-4-17-7/h2-3,16H,4,13H2,1H3. The van der Waals surface area contributed by atoms with E-state index in [-0.39, 0.29) is 12.5 Å². The number of aryl methyl sites for hydroxylation is 1. The van der Waals surface area contributed by atoms with Gasteiger partial charge in [0.1, 0.15) is 11.6 Å². The number of rotatable bonds is 1. The molecule has 0 amide bonds. The van der Waals surface area contributed by atoms with Crippen LogP contribution in [0.5, 0.6) is 17.2 Å². The van der Waals surface area contributed by atoms with E-state index in [4.69, 9.17) is 15.2 Å². The Morgan fingerprint density at radius 1 is 1.50 bits per heavy atom. The van der Waals surface area contributed by atoms with Crippen LogP contribution < -0.4 is 15.2 Å². The lowest BCUT2D eigenvalue weighted by Gasteiger charge is -2.09. The van der Waals surface area contributed by atoms with E-state index in [0.717, 1.165) is 0 Å². The van der Waals surface area contributed by atoms with Gasteiger partial charge >= 0.3 is 0 Å². The molecule has 0 aliphatic carbocycles. The smallest absolute Gasteiger partial charge is 0.231 e. The van der Waals surface area contributed by atoms with Crippen LogP contribution in [0.2, 0.25) is 0 Å². The number of ether oxygens (including phenoxy) is 2. The quantitative estimate of drug-likeness (QED) is 0.840. The number of phenolic OH excluding ortho intramolecular Hbond substituents is 1. The second-order valence-electron chi connectivity index (χ2n) is 3.88. The summed E-state index contributed by atoms with van der Waals surface area (Å²) in [6, 6.07) is 1.66. The zero-order valence-electron chi connectivity index (χ0n) is 9.48. The number of phenols is 1. The SMILES string of the molecule is Cn1ncc(-c2c(O)c(Br)cc3c2OCO3)c1N. The number of hydrogen-bond donors (Lipinski definition) is 2. The van der Waals surface area contributed by atoms with Crippen molar-refractivity contribution in [3.8, 4) is 28.4 Å². The Labute approximate surface area is 111 Å². The van der Waals surface area contributed by atoms with E-state index in [1.165, 1.54) is 4.68 Å². The maximum atomic E-state index is 10.2. The van der Waals surface area contributed by atoms with Gasteiger partial charge in [-0.2, -0.15) is 5.10 Å². The molecule has 1 aromatic heterocycles. The number of nitrogens with zero attached hydrogens (tertiary/aromatic N) is 2. The third kappa shape index (κ3) is 1.43. The van der Waals surface area contributed by atoms with Crippen LogP contribution in [0.3, 0.4) is 0 Å². The van der Waals surface area contributed by atoms with Gasteiger partial charge in [0.2, 0.25) is 6.79 Å². The zero-order valence-corrected chi connectivity index (χ0v) is 11.1. The maximum Gasteiger partial charge on any atom is 0.231 e. The van der Waals surface area contributed by atoms with Crippen LogP contribution in [0, 0.1) is 0 Å². The van der Waals surface area contributed by atoms with Crippen LogP contribution in [0.1, 0.15) is 0 Å². The van der Waals surface area contributed by atoms with Gasteiger partial charge in [0.15, 0.2) is 11.5 Å². The molecule has 0 fully saturated rings. The highest BCUT2D eigenvalue weighted by atomic mass is 79.9. The number of anilines is 1. The van der Waals surface area contributed by atoms with Gasteiger partial charge in [-0.1, -0.05) is 0 Å². The molecule has 18 heavy (non-hydrogen) atoms. The Balaban J connectivity index is 2.32. The molecule has 7 heteroatoms. The highest BCUT2D eigenvalue weighted by Gasteiger charge is 2.26. The molecule has 1 aliphatic heterocycles. The van der Waals surface area contributed by atoms with Gasteiger partial charge in [0.05, 0.1) is 21.8 Å². The lowest BCUT2D eigenvalue weighted by Crippen LogP contribution is -1.98. The summed E-state index contributed by atoms with van der Waals surface area (Å²) in [7, 11) is 1.73. The first kappa shape index (κ1) is 11.2. The number of nitrogens with two attached hydrogens (primary N) is 1. The van der Waals surface area contributed by atoms with Crippen molar-refractivity contribution < 1.29 is 14.6 Å².